The van der Waals surface area contributed by atoms with E-state index in [9.17, 15) is 0 Å². The Labute approximate surface area is 182 Å². The summed E-state index contributed by atoms with van der Waals surface area (Å²) in [5.74, 6) is 1.68. The molecule has 2 N–H and O–H groups in total. The molecule has 1 unspecified atom stereocenters. The predicted molar refractivity (Wildman–Crippen MR) is 124 cm³/mol. The van der Waals surface area contributed by atoms with Gasteiger partial charge in [-0.05, 0) is 61.7 Å². The first-order chi connectivity index (χ1) is 12.6. The maximum Gasteiger partial charge on any atom is 0.191 e. The molecule has 7 heteroatoms. The number of nitrogens with one attached hydrogen (secondary N) is 2. The van der Waals surface area contributed by atoms with Crippen LogP contribution in [0.25, 0.3) is 10.4 Å². The third kappa shape index (κ3) is 6.08. The van der Waals surface area contributed by atoms with Gasteiger partial charge in [0.25, 0.3) is 0 Å². The van der Waals surface area contributed by atoms with Crippen molar-refractivity contribution in [2.45, 2.75) is 31.9 Å². The van der Waals surface area contributed by atoms with Gasteiger partial charge in [-0.2, -0.15) is 0 Å². The molecule has 0 spiro atoms. The minimum absolute atomic E-state index is 0. The third-order valence-corrected chi connectivity index (χ3v) is 5.75. The summed E-state index contributed by atoms with van der Waals surface area (Å²) < 4.78 is 11.0. The number of aliphatic imine (C=N–C) groups is 1. The third-order valence-electron chi connectivity index (χ3n) is 4.62. The van der Waals surface area contributed by atoms with Crippen LogP contribution in [-0.2, 0) is 11.3 Å². The zero-order valence-electron chi connectivity index (χ0n) is 16.1. The molecule has 0 aliphatic carbocycles. The van der Waals surface area contributed by atoms with Crippen LogP contribution in [-0.4, -0.2) is 38.9 Å². The molecule has 1 aromatic carbocycles. The maximum atomic E-state index is 5.81. The summed E-state index contributed by atoms with van der Waals surface area (Å²) in [5, 5.41) is 6.76. The summed E-state index contributed by atoms with van der Waals surface area (Å²) in [5.41, 5.74) is 1.12. The largest absolute Gasteiger partial charge is 0.497 e. The molecule has 148 valence electrons. The summed E-state index contributed by atoms with van der Waals surface area (Å²) in [7, 11) is 3.48. The van der Waals surface area contributed by atoms with Gasteiger partial charge in [0, 0.05) is 30.0 Å². The van der Waals surface area contributed by atoms with Gasteiger partial charge in [-0.3, -0.25) is 4.99 Å². The van der Waals surface area contributed by atoms with Gasteiger partial charge in [0.15, 0.2) is 5.96 Å². The van der Waals surface area contributed by atoms with Crippen LogP contribution in [0.15, 0.2) is 41.4 Å². The van der Waals surface area contributed by atoms with Crippen LogP contribution >= 0.6 is 35.3 Å². The fourth-order valence-electron chi connectivity index (χ4n) is 3.02. The Morgan fingerprint density at radius 2 is 2.00 bits per heavy atom. The van der Waals surface area contributed by atoms with Gasteiger partial charge in [0.05, 0.1) is 19.3 Å². The Balaban J connectivity index is 0.00000261. The van der Waals surface area contributed by atoms with Crippen LogP contribution in [0.3, 0.4) is 0 Å². The summed E-state index contributed by atoms with van der Waals surface area (Å²) in [6, 6.07) is 12.5. The molecule has 1 aliphatic heterocycles. The maximum absolute atomic E-state index is 5.81. The highest BCUT2D eigenvalue weighted by molar-refractivity contribution is 14.0. The van der Waals surface area contributed by atoms with Crippen molar-refractivity contribution in [1.82, 2.24) is 10.6 Å². The van der Waals surface area contributed by atoms with Gasteiger partial charge in [0.2, 0.25) is 0 Å². The molecular weight excluding hydrogens is 473 g/mol. The van der Waals surface area contributed by atoms with Crippen LogP contribution in [0.2, 0.25) is 0 Å². The summed E-state index contributed by atoms with van der Waals surface area (Å²) >= 11 is 1.78. The number of ether oxygens (including phenoxy) is 2. The predicted octanol–water partition coefficient (Wildman–Crippen LogP) is 4.28. The standard InChI is InChI=1S/C20H27N3O2S.HI/c1-20(11-4-12-25-20)14-23-19(21-2)22-13-17-9-10-18(26-17)15-5-7-16(24-3)8-6-15;/h5-10H,4,11-14H2,1-3H3,(H2,21,22,23);1H. The minimum atomic E-state index is -0.0813. The zero-order chi connectivity index (χ0) is 18.4. The smallest absolute Gasteiger partial charge is 0.191 e. The first-order valence-electron chi connectivity index (χ1n) is 8.93. The Bertz CT molecular complexity index is 740. The molecular formula is C20H28IN3O2S. The number of thiophene rings is 1. The van der Waals surface area contributed by atoms with E-state index in [1.165, 1.54) is 15.3 Å². The fourth-order valence-corrected chi connectivity index (χ4v) is 3.97. The monoisotopic (exact) mass is 501 g/mol. The molecule has 1 saturated heterocycles. The second-order valence-electron chi connectivity index (χ2n) is 6.68. The molecule has 1 aromatic heterocycles. The molecule has 2 heterocycles. The average molecular weight is 501 g/mol. The molecule has 0 radical (unpaired) electrons. The summed E-state index contributed by atoms with van der Waals surface area (Å²) in [6.45, 7) is 4.53. The number of hydrogen-bond acceptors (Lipinski definition) is 4. The molecule has 0 saturated carbocycles. The van der Waals surface area contributed by atoms with Crippen molar-refractivity contribution >= 4 is 41.3 Å². The van der Waals surface area contributed by atoms with E-state index in [0.29, 0.717) is 0 Å². The molecule has 0 amide bonds. The van der Waals surface area contributed by atoms with Crippen LogP contribution < -0.4 is 15.4 Å². The Morgan fingerprint density at radius 3 is 2.63 bits per heavy atom. The van der Waals surface area contributed by atoms with Gasteiger partial charge in [0.1, 0.15) is 5.75 Å². The highest BCUT2D eigenvalue weighted by Crippen LogP contribution is 2.29. The van der Waals surface area contributed by atoms with E-state index in [-0.39, 0.29) is 29.6 Å². The number of nitrogens with zero attached hydrogens (tertiary/aromatic N) is 1. The molecule has 1 fully saturated rings. The molecule has 1 aliphatic rings. The van der Waals surface area contributed by atoms with Crippen LogP contribution in [0.5, 0.6) is 5.75 Å². The summed E-state index contributed by atoms with van der Waals surface area (Å²) in [4.78, 5) is 6.82. The van der Waals surface area contributed by atoms with Crippen molar-refractivity contribution in [3.05, 3.63) is 41.3 Å². The number of halogens is 1. The molecule has 1 atom stereocenters. The van der Waals surface area contributed by atoms with Gasteiger partial charge in [-0.1, -0.05) is 0 Å². The number of guanidine groups is 1. The summed E-state index contributed by atoms with van der Waals surface area (Å²) in [6.07, 6.45) is 2.22. The highest BCUT2D eigenvalue weighted by atomic mass is 127. The second kappa shape index (κ2) is 10.3. The van der Waals surface area contributed by atoms with E-state index in [4.69, 9.17) is 9.47 Å². The zero-order valence-corrected chi connectivity index (χ0v) is 19.2. The van der Waals surface area contributed by atoms with Crippen LogP contribution in [0.1, 0.15) is 24.6 Å². The number of methoxy groups -OCH3 is 1. The highest BCUT2D eigenvalue weighted by Gasteiger charge is 2.29. The van der Waals surface area contributed by atoms with E-state index >= 15 is 0 Å². The fraction of sp³-hybridized carbons (Fsp3) is 0.450. The molecule has 27 heavy (non-hydrogen) atoms. The van der Waals surface area contributed by atoms with Crippen molar-refractivity contribution in [2.75, 3.05) is 27.3 Å². The average Bonchev–Trinajstić information content (AvgIpc) is 3.32. The quantitative estimate of drug-likeness (QED) is 0.353. The molecule has 3 rings (SSSR count). The van der Waals surface area contributed by atoms with Crippen LogP contribution in [0, 0.1) is 0 Å². The van der Waals surface area contributed by atoms with E-state index < -0.39 is 0 Å². The topological polar surface area (TPSA) is 54.9 Å². The number of hydrogen-bond donors (Lipinski definition) is 2. The van der Waals surface area contributed by atoms with Crippen molar-refractivity contribution in [2.24, 2.45) is 4.99 Å². The van der Waals surface area contributed by atoms with Crippen molar-refractivity contribution < 1.29 is 9.47 Å². The van der Waals surface area contributed by atoms with E-state index in [0.717, 1.165) is 44.2 Å². The van der Waals surface area contributed by atoms with Crippen LogP contribution in [0.4, 0.5) is 0 Å². The van der Waals surface area contributed by atoms with E-state index in [1.807, 2.05) is 12.1 Å². The molecule has 5 nitrogen and oxygen atoms in total. The minimum Gasteiger partial charge on any atom is -0.497 e. The Kier molecular flexibility index (Phi) is 8.37. The van der Waals surface area contributed by atoms with E-state index in [1.54, 1.807) is 25.5 Å². The van der Waals surface area contributed by atoms with Crippen molar-refractivity contribution in [1.29, 1.82) is 0 Å². The second-order valence-corrected chi connectivity index (χ2v) is 7.84. The Hall–Kier alpha value is -1.32. The van der Waals surface area contributed by atoms with Crippen molar-refractivity contribution in [3.63, 3.8) is 0 Å². The first kappa shape index (κ1) is 22.0. The van der Waals surface area contributed by atoms with Gasteiger partial charge < -0.3 is 20.1 Å². The first-order valence-corrected chi connectivity index (χ1v) is 9.75. The SMILES string of the molecule is CN=C(NCc1ccc(-c2ccc(OC)cc2)s1)NCC1(C)CCCO1.I. The normalized spacial score (nSPS) is 19.4. The molecule has 0 bridgehead atoms. The lowest BCUT2D eigenvalue weighted by atomic mass is 10.0. The molecule has 2 aromatic rings. The lowest BCUT2D eigenvalue weighted by molar-refractivity contribution is 0.0243. The van der Waals surface area contributed by atoms with Gasteiger partial charge in [-0.25, -0.2) is 0 Å². The number of rotatable bonds is 6. The van der Waals surface area contributed by atoms with E-state index in [2.05, 4.69) is 46.8 Å². The number of benzene rings is 1. The van der Waals surface area contributed by atoms with Gasteiger partial charge in [-0.15, -0.1) is 35.3 Å². The Morgan fingerprint density at radius 1 is 1.22 bits per heavy atom. The lowest BCUT2D eigenvalue weighted by Gasteiger charge is -2.24. The lowest BCUT2D eigenvalue weighted by Crippen LogP contribution is -2.45. The van der Waals surface area contributed by atoms with Crippen molar-refractivity contribution in [3.8, 4) is 16.2 Å². The van der Waals surface area contributed by atoms with Gasteiger partial charge >= 0.3 is 0 Å².